The van der Waals surface area contributed by atoms with Crippen molar-refractivity contribution in [2.45, 2.75) is 68.7 Å². The normalized spacial score (nSPS) is 23.4. The lowest BCUT2D eigenvalue weighted by Gasteiger charge is -2.46. The second kappa shape index (κ2) is 9.31. The maximum absolute atomic E-state index is 12.9. The van der Waals surface area contributed by atoms with Crippen molar-refractivity contribution in [1.82, 2.24) is 15.3 Å². The highest BCUT2D eigenvalue weighted by Gasteiger charge is 2.48. The first-order chi connectivity index (χ1) is 14.8. The number of nitrogens with one attached hydrogen (secondary N) is 1. The summed E-state index contributed by atoms with van der Waals surface area (Å²) in [4.78, 5) is 8.34. The fourth-order valence-electron chi connectivity index (χ4n) is 5.14. The Morgan fingerprint density at radius 3 is 2.61 bits per heavy atom. The lowest BCUT2D eigenvalue weighted by atomic mass is 9.68. The van der Waals surface area contributed by atoms with Crippen LogP contribution in [0, 0.1) is 3.57 Å². The zero-order valence-corrected chi connectivity index (χ0v) is 19.5. The van der Waals surface area contributed by atoms with Gasteiger partial charge in [-0.1, -0.05) is 18.9 Å². The molecule has 1 saturated carbocycles. The number of halogens is 4. The topological polar surface area (TPSA) is 47.0 Å². The minimum Gasteiger partial charge on any atom is -0.375 e. The van der Waals surface area contributed by atoms with Crippen LogP contribution in [0.5, 0.6) is 0 Å². The molecule has 1 aliphatic heterocycles. The van der Waals surface area contributed by atoms with Gasteiger partial charge in [0.15, 0.2) is 5.69 Å². The van der Waals surface area contributed by atoms with Gasteiger partial charge in [-0.2, -0.15) is 13.2 Å². The number of hydrogen-bond acceptors (Lipinski definition) is 4. The summed E-state index contributed by atoms with van der Waals surface area (Å²) < 4.78 is 45.2. The minimum absolute atomic E-state index is 0.0246. The van der Waals surface area contributed by atoms with Crippen molar-refractivity contribution < 1.29 is 17.9 Å². The molecule has 168 valence electrons. The molecule has 0 unspecified atom stereocenters. The van der Waals surface area contributed by atoms with Gasteiger partial charge in [0.25, 0.3) is 0 Å². The highest BCUT2D eigenvalue weighted by atomic mass is 127. The smallest absolute Gasteiger partial charge is 0.375 e. The molecule has 1 saturated heterocycles. The van der Waals surface area contributed by atoms with E-state index in [4.69, 9.17) is 9.72 Å². The molecule has 2 aromatic heterocycles. The lowest BCUT2D eigenvalue weighted by Crippen LogP contribution is -2.47. The summed E-state index contributed by atoms with van der Waals surface area (Å²) in [5.41, 5.74) is 0.989. The second-order valence-electron chi connectivity index (χ2n) is 8.76. The summed E-state index contributed by atoms with van der Waals surface area (Å²) in [6, 6.07) is 7.67. The summed E-state index contributed by atoms with van der Waals surface area (Å²) in [5.74, 6) is 0. The van der Waals surface area contributed by atoms with Gasteiger partial charge in [-0.05, 0) is 85.0 Å². The molecule has 2 aliphatic rings. The lowest BCUT2D eigenvalue weighted by molar-refractivity contribution is -0.141. The van der Waals surface area contributed by atoms with Crippen LogP contribution in [-0.4, -0.2) is 28.7 Å². The van der Waals surface area contributed by atoms with Crippen molar-refractivity contribution in [2.75, 3.05) is 13.2 Å². The fraction of sp³-hybridized carbons (Fsp3) is 0.565. The van der Waals surface area contributed by atoms with Crippen molar-refractivity contribution in [3.8, 4) is 0 Å². The summed E-state index contributed by atoms with van der Waals surface area (Å²) in [7, 11) is 0. The first-order valence-electron chi connectivity index (χ1n) is 10.8. The van der Waals surface area contributed by atoms with Gasteiger partial charge in [0.05, 0.1) is 5.60 Å². The van der Waals surface area contributed by atoms with Crippen LogP contribution in [-0.2, 0) is 22.9 Å². The van der Waals surface area contributed by atoms with Crippen molar-refractivity contribution in [1.29, 1.82) is 0 Å². The van der Waals surface area contributed by atoms with Crippen LogP contribution in [0.4, 0.5) is 13.2 Å². The summed E-state index contributed by atoms with van der Waals surface area (Å²) >= 11 is 1.70. The van der Waals surface area contributed by atoms with Gasteiger partial charge in [0.2, 0.25) is 0 Å². The first-order valence-corrected chi connectivity index (χ1v) is 11.9. The molecule has 1 N–H and O–H groups in total. The Kier molecular flexibility index (Phi) is 6.88. The van der Waals surface area contributed by atoms with Crippen LogP contribution in [0.2, 0.25) is 0 Å². The number of pyridine rings is 2. The molecule has 0 amide bonds. The third-order valence-corrected chi connectivity index (χ3v) is 7.47. The van der Waals surface area contributed by atoms with Crippen molar-refractivity contribution >= 4 is 22.6 Å². The predicted octanol–water partition coefficient (Wildman–Crippen LogP) is 5.64. The fourth-order valence-corrected chi connectivity index (χ4v) is 5.98. The van der Waals surface area contributed by atoms with Crippen LogP contribution < -0.4 is 5.32 Å². The largest absolute Gasteiger partial charge is 0.434 e. The first kappa shape index (κ1) is 22.9. The Hall–Kier alpha value is -1.26. The minimum atomic E-state index is -4.42. The number of aromatic nitrogens is 2. The quantitative estimate of drug-likeness (QED) is 0.377. The van der Waals surface area contributed by atoms with E-state index >= 15 is 0 Å². The molecular weight excluding hydrogens is 518 g/mol. The van der Waals surface area contributed by atoms with E-state index in [-0.39, 0.29) is 14.6 Å². The van der Waals surface area contributed by atoms with Gasteiger partial charge in [0, 0.05) is 40.2 Å². The zero-order valence-electron chi connectivity index (χ0n) is 17.3. The molecule has 4 nitrogen and oxygen atoms in total. The van der Waals surface area contributed by atoms with E-state index in [2.05, 4.69) is 16.4 Å². The molecule has 2 aromatic rings. The Morgan fingerprint density at radius 1 is 1.13 bits per heavy atom. The molecular formula is C23H27F3IN3O. The molecule has 1 atom stereocenters. The number of nitrogens with zero attached hydrogens (tertiary/aromatic N) is 2. The van der Waals surface area contributed by atoms with Crippen molar-refractivity contribution in [3.63, 3.8) is 0 Å². The Morgan fingerprint density at radius 2 is 1.94 bits per heavy atom. The molecule has 0 aromatic carbocycles. The van der Waals surface area contributed by atoms with Gasteiger partial charge >= 0.3 is 6.18 Å². The number of hydrogen-bond donors (Lipinski definition) is 1. The van der Waals surface area contributed by atoms with Gasteiger partial charge in [-0.15, -0.1) is 0 Å². The average molecular weight is 545 g/mol. The van der Waals surface area contributed by atoms with Gasteiger partial charge in [0.1, 0.15) is 0 Å². The van der Waals surface area contributed by atoms with Crippen molar-refractivity contribution in [3.05, 3.63) is 57.2 Å². The van der Waals surface area contributed by atoms with Gasteiger partial charge in [-0.25, -0.2) is 0 Å². The monoisotopic (exact) mass is 545 g/mol. The van der Waals surface area contributed by atoms with Crippen LogP contribution in [0.25, 0.3) is 0 Å². The SMILES string of the molecule is FC(F)(F)c1ncc(CNCC[C@@]2(c3ccccn3)CCOC3(CCCC3)C2)cc1I. The number of ether oxygens (including phenoxy) is 1. The van der Waals surface area contributed by atoms with E-state index in [1.807, 2.05) is 18.3 Å². The van der Waals surface area contributed by atoms with E-state index < -0.39 is 11.9 Å². The highest BCUT2D eigenvalue weighted by molar-refractivity contribution is 14.1. The summed E-state index contributed by atoms with van der Waals surface area (Å²) in [6.45, 7) is 1.99. The molecule has 0 bridgehead atoms. The Labute approximate surface area is 194 Å². The molecule has 1 aliphatic carbocycles. The number of rotatable bonds is 6. The van der Waals surface area contributed by atoms with E-state index in [9.17, 15) is 13.2 Å². The number of alkyl halides is 3. The van der Waals surface area contributed by atoms with Crippen LogP contribution in [0.1, 0.15) is 61.9 Å². The average Bonchev–Trinajstić information content (AvgIpc) is 3.18. The molecule has 31 heavy (non-hydrogen) atoms. The van der Waals surface area contributed by atoms with Crippen LogP contribution >= 0.6 is 22.6 Å². The van der Waals surface area contributed by atoms with Gasteiger partial charge in [-0.3, -0.25) is 9.97 Å². The predicted molar refractivity (Wildman–Crippen MR) is 121 cm³/mol. The molecule has 8 heteroatoms. The third kappa shape index (κ3) is 5.22. The molecule has 4 rings (SSSR count). The van der Waals surface area contributed by atoms with Crippen molar-refractivity contribution in [2.24, 2.45) is 0 Å². The van der Waals surface area contributed by atoms with E-state index in [0.717, 1.165) is 56.5 Å². The molecule has 2 fully saturated rings. The Balaban J connectivity index is 1.42. The summed E-state index contributed by atoms with van der Waals surface area (Å²) in [5, 5.41) is 3.41. The highest BCUT2D eigenvalue weighted by Crippen LogP contribution is 2.49. The maximum Gasteiger partial charge on any atom is 0.434 e. The second-order valence-corrected chi connectivity index (χ2v) is 9.92. The maximum atomic E-state index is 12.9. The van der Waals surface area contributed by atoms with Crippen LogP contribution in [0.3, 0.4) is 0 Å². The third-order valence-electron chi connectivity index (χ3n) is 6.65. The molecule has 1 spiro atoms. The van der Waals surface area contributed by atoms with Gasteiger partial charge < -0.3 is 10.1 Å². The zero-order chi connectivity index (χ0) is 22.0. The Bertz CT molecular complexity index is 887. The molecule has 3 heterocycles. The van der Waals surface area contributed by atoms with E-state index in [0.29, 0.717) is 6.54 Å². The standard InChI is InChI=1S/C23H27F3IN3O/c24-23(25,26)20-18(27)13-17(15-30-20)14-28-11-8-21(19-5-1-4-10-29-19)9-12-31-22(16-21)6-2-3-7-22/h1,4-5,10,13,15,28H,2-3,6-9,11-12,14,16H2/t21-/m1/s1. The molecule has 0 radical (unpaired) electrons. The van der Waals surface area contributed by atoms with E-state index in [1.165, 1.54) is 19.0 Å². The van der Waals surface area contributed by atoms with Crippen LogP contribution in [0.15, 0.2) is 36.7 Å². The van der Waals surface area contributed by atoms with E-state index in [1.54, 1.807) is 28.7 Å². The summed E-state index contributed by atoms with van der Waals surface area (Å²) in [6.07, 6.45) is 6.26.